The fourth-order valence-electron chi connectivity index (χ4n) is 7.32. The molecule has 0 bridgehead atoms. The molecule has 47 heavy (non-hydrogen) atoms. The van der Waals surface area contributed by atoms with Gasteiger partial charge < -0.3 is 40.4 Å². The van der Waals surface area contributed by atoms with Crippen molar-refractivity contribution in [1.82, 2.24) is 36.0 Å². The zero-order valence-electron chi connectivity index (χ0n) is 28.8. The van der Waals surface area contributed by atoms with Crippen LogP contribution in [0.1, 0.15) is 67.7 Å². The van der Waals surface area contributed by atoms with Crippen LogP contribution in [0.2, 0.25) is 0 Å². The Labute approximate surface area is 274 Å². The molecule has 5 aliphatic heterocycles. The molecule has 4 N–H and O–H groups in total. The molecular formula is C31H49N7O9. The molecule has 0 aromatic carbocycles. The number of hydrogen-bond acceptors (Lipinski definition) is 10. The summed E-state index contributed by atoms with van der Waals surface area (Å²) >= 11 is 0. The van der Waals surface area contributed by atoms with Crippen LogP contribution in [0.25, 0.3) is 0 Å². The minimum Gasteiger partial charge on any atom is -0.444 e. The summed E-state index contributed by atoms with van der Waals surface area (Å²) in [6, 6.07) is -1.40. The number of likely N-dealkylation sites (N-methyl/N-ethyl adjacent to an activating group) is 1. The minimum absolute atomic E-state index is 0.0331. The van der Waals surface area contributed by atoms with E-state index in [1.807, 2.05) is 0 Å². The normalized spacial score (nSPS) is 32.6. The summed E-state index contributed by atoms with van der Waals surface area (Å²) in [5.41, 5.74) is -5.52. The Morgan fingerprint density at radius 1 is 0.894 bits per heavy atom. The lowest BCUT2D eigenvalue weighted by atomic mass is 9.85. The zero-order valence-corrected chi connectivity index (χ0v) is 28.8. The summed E-state index contributed by atoms with van der Waals surface area (Å²) < 4.78 is 17.9. The van der Waals surface area contributed by atoms with E-state index in [2.05, 4.69) is 21.3 Å². The topological polar surface area (TPSA) is 188 Å². The first-order valence-corrected chi connectivity index (χ1v) is 16.2. The van der Waals surface area contributed by atoms with Gasteiger partial charge in [-0.3, -0.25) is 29.0 Å². The number of ether oxygens (including phenoxy) is 3. The maximum Gasteiger partial charge on any atom is 0.412 e. The van der Waals surface area contributed by atoms with Crippen LogP contribution in [0.3, 0.4) is 0 Å². The molecule has 0 aromatic heterocycles. The highest BCUT2D eigenvalue weighted by molar-refractivity contribution is 6.04. The molecule has 5 fully saturated rings. The molecule has 5 unspecified atom stereocenters. The first-order valence-electron chi connectivity index (χ1n) is 16.2. The summed E-state index contributed by atoms with van der Waals surface area (Å²) in [4.78, 5) is 83.9. The summed E-state index contributed by atoms with van der Waals surface area (Å²) in [7, 11) is 3.21. The second-order valence-corrected chi connectivity index (χ2v) is 15.5. The molecule has 0 radical (unpaired) electrons. The molecule has 16 heteroatoms. The Bertz CT molecular complexity index is 1360. The number of amides is 6. The van der Waals surface area contributed by atoms with Crippen molar-refractivity contribution in [2.24, 2.45) is 0 Å². The number of hydrogen-bond donors (Lipinski definition) is 4. The summed E-state index contributed by atoms with van der Waals surface area (Å²) in [5.74, 6) is -1.43. The van der Waals surface area contributed by atoms with E-state index in [9.17, 15) is 28.8 Å². The van der Waals surface area contributed by atoms with Crippen LogP contribution >= 0.6 is 0 Å². The van der Waals surface area contributed by atoms with Gasteiger partial charge in [-0.1, -0.05) is 0 Å². The molecule has 5 rings (SSSR count). The van der Waals surface area contributed by atoms with Crippen molar-refractivity contribution < 1.29 is 43.0 Å². The Kier molecular flexibility index (Phi) is 8.48. The second-order valence-electron chi connectivity index (χ2n) is 15.5. The lowest BCUT2D eigenvalue weighted by molar-refractivity contribution is -0.162. The van der Waals surface area contributed by atoms with Crippen LogP contribution in [0.5, 0.6) is 0 Å². The van der Waals surface area contributed by atoms with Gasteiger partial charge in [0.15, 0.2) is 5.54 Å². The second kappa shape index (κ2) is 11.5. The fourth-order valence-corrected chi connectivity index (χ4v) is 7.32. The Morgan fingerprint density at radius 2 is 1.45 bits per heavy atom. The zero-order chi connectivity index (χ0) is 34.9. The van der Waals surface area contributed by atoms with Gasteiger partial charge in [0.1, 0.15) is 28.3 Å². The van der Waals surface area contributed by atoms with E-state index in [-0.39, 0.29) is 37.9 Å². The van der Waals surface area contributed by atoms with Crippen molar-refractivity contribution >= 4 is 35.8 Å². The van der Waals surface area contributed by atoms with Crippen molar-refractivity contribution in [3.05, 3.63) is 0 Å². The highest BCUT2D eigenvalue weighted by atomic mass is 16.6. The van der Waals surface area contributed by atoms with Gasteiger partial charge in [0.05, 0.1) is 31.8 Å². The van der Waals surface area contributed by atoms with E-state index < -0.39 is 76.1 Å². The molecule has 7 atom stereocenters. The first kappa shape index (κ1) is 34.7. The number of nitrogens with one attached hydrogen (secondary N) is 4. The van der Waals surface area contributed by atoms with E-state index in [1.165, 1.54) is 14.7 Å². The predicted molar refractivity (Wildman–Crippen MR) is 166 cm³/mol. The first-order chi connectivity index (χ1) is 21.7. The summed E-state index contributed by atoms with van der Waals surface area (Å²) in [6.07, 6.45) is -2.19. The van der Waals surface area contributed by atoms with Crippen LogP contribution in [-0.4, -0.2) is 143 Å². The molecular weight excluding hydrogens is 614 g/mol. The van der Waals surface area contributed by atoms with E-state index in [0.29, 0.717) is 19.4 Å². The summed E-state index contributed by atoms with van der Waals surface area (Å²) in [6.45, 7) is 12.7. The van der Waals surface area contributed by atoms with Crippen molar-refractivity contribution in [3.63, 3.8) is 0 Å². The monoisotopic (exact) mass is 663 g/mol. The number of nitrogens with zero attached hydrogens (tertiary/aromatic N) is 3. The number of rotatable bonds is 7. The molecule has 5 saturated heterocycles. The van der Waals surface area contributed by atoms with E-state index in [1.54, 1.807) is 62.6 Å². The highest BCUT2D eigenvalue weighted by Gasteiger charge is 2.75. The number of carbonyl (C=O) groups excluding carboxylic acids is 6. The fraction of sp³-hybridized carbons (Fsp3) is 0.806. The molecule has 262 valence electrons. The lowest BCUT2D eigenvalue weighted by Crippen LogP contribution is -2.82. The summed E-state index contributed by atoms with van der Waals surface area (Å²) in [5, 5.41) is 11.4. The van der Waals surface area contributed by atoms with Gasteiger partial charge in [-0.15, -0.1) is 0 Å². The number of likely N-dealkylation sites (tertiary alicyclic amines) is 2. The van der Waals surface area contributed by atoms with Gasteiger partial charge in [-0.05, 0) is 61.3 Å². The smallest absolute Gasteiger partial charge is 0.412 e. The number of carbonyl (C=O) groups is 6. The lowest BCUT2D eigenvalue weighted by Gasteiger charge is -2.52. The van der Waals surface area contributed by atoms with Gasteiger partial charge in [0, 0.05) is 33.1 Å². The highest BCUT2D eigenvalue weighted by Crippen LogP contribution is 2.49. The molecule has 5 heterocycles. The standard InChI is InChI=1S/C31H49N7O9/c1-17(45-19-12-30(15-34-23(30)41)38(26(44)47-28(5,6)7)31(19)16-35-24(31)42)20(21(39)36(8)9)32-13-18-10-11-29(14-33-22(29)40)37(18)25(43)46-27(2,3)4/h17-20,32H,10-16H2,1-9H3,(H,33,40)(H,34,41)(H,35,42)/t17-,18?,19?,20+,29?,30?,31?/m1/s1. The average molecular weight is 664 g/mol. The van der Waals surface area contributed by atoms with Crippen LogP contribution in [0.4, 0.5) is 9.59 Å². The third-order valence-electron chi connectivity index (χ3n) is 9.73. The van der Waals surface area contributed by atoms with Crippen LogP contribution < -0.4 is 21.3 Å². The largest absolute Gasteiger partial charge is 0.444 e. The molecule has 5 aliphatic rings. The molecule has 3 spiro atoms. The third kappa shape index (κ3) is 5.66. The van der Waals surface area contributed by atoms with Gasteiger partial charge in [0.25, 0.3) is 5.91 Å². The third-order valence-corrected chi connectivity index (χ3v) is 9.73. The van der Waals surface area contributed by atoms with Gasteiger partial charge in [-0.2, -0.15) is 0 Å². The van der Waals surface area contributed by atoms with Crippen molar-refractivity contribution in [1.29, 1.82) is 0 Å². The van der Waals surface area contributed by atoms with Crippen molar-refractivity contribution in [3.8, 4) is 0 Å². The SMILES string of the molecule is C[C@@H](OC1CC2(CNC2=O)N(C(=O)OC(C)(C)C)C12CNC2=O)[C@H](NCC1CCC2(CNC2=O)N1C(=O)OC(C)(C)C)C(=O)N(C)C. The Balaban J connectivity index is 1.38. The van der Waals surface area contributed by atoms with Gasteiger partial charge in [0.2, 0.25) is 17.7 Å². The van der Waals surface area contributed by atoms with E-state index in [0.717, 1.165) is 0 Å². The van der Waals surface area contributed by atoms with Crippen LogP contribution in [0, 0.1) is 0 Å². The van der Waals surface area contributed by atoms with E-state index >= 15 is 0 Å². The van der Waals surface area contributed by atoms with E-state index in [4.69, 9.17) is 14.2 Å². The van der Waals surface area contributed by atoms with Gasteiger partial charge >= 0.3 is 12.2 Å². The van der Waals surface area contributed by atoms with Crippen molar-refractivity contribution in [2.75, 3.05) is 40.3 Å². The quantitative estimate of drug-likeness (QED) is 0.258. The van der Waals surface area contributed by atoms with Gasteiger partial charge in [-0.25, -0.2) is 9.59 Å². The molecule has 6 amide bonds. The molecule has 0 aromatic rings. The molecule has 16 nitrogen and oxygen atoms in total. The Morgan fingerprint density at radius 3 is 1.87 bits per heavy atom. The Hall–Kier alpha value is -3.66. The van der Waals surface area contributed by atoms with Crippen LogP contribution in [-0.2, 0) is 33.4 Å². The average Bonchev–Trinajstić information content (AvgIpc) is 3.51. The maximum absolute atomic E-state index is 13.6. The number of β-lactam (4-membered cyclic amide) rings is 3. The van der Waals surface area contributed by atoms with Crippen LogP contribution in [0.15, 0.2) is 0 Å². The molecule has 0 aliphatic carbocycles. The predicted octanol–water partition coefficient (Wildman–Crippen LogP) is -0.547. The molecule has 0 saturated carbocycles. The maximum atomic E-state index is 13.6. The minimum atomic E-state index is -1.51. The van der Waals surface area contributed by atoms with Crippen molar-refractivity contribution in [2.45, 2.75) is 120 Å².